The second-order valence-electron chi connectivity index (χ2n) is 3.51. The third-order valence-electron chi connectivity index (χ3n) is 2.26. The summed E-state index contributed by atoms with van der Waals surface area (Å²) in [5.41, 5.74) is 0. The van der Waals surface area contributed by atoms with E-state index in [9.17, 15) is 0 Å². The van der Waals surface area contributed by atoms with E-state index in [0.29, 0.717) is 0 Å². The largest absolute Gasteiger partial charge is 0.394 e. The number of aliphatic hydroxyl groups is 4. The fraction of sp³-hybridized carbons (Fsp3) is 0.600. The molecule has 96 valence electrons. The van der Waals surface area contributed by atoms with E-state index in [1.165, 1.54) is 6.33 Å². The summed E-state index contributed by atoms with van der Waals surface area (Å²) in [5, 5.41) is 35.7. The summed E-state index contributed by atoms with van der Waals surface area (Å²) in [7, 11) is 0. The molecule has 2 rings (SSSR count). The third kappa shape index (κ3) is 4.33. The molecule has 4 atom stereocenters. The molecule has 0 spiro atoms. The van der Waals surface area contributed by atoms with Gasteiger partial charge in [-0.1, -0.05) is 0 Å². The molecule has 4 N–H and O–H groups in total. The van der Waals surface area contributed by atoms with E-state index in [4.69, 9.17) is 25.2 Å². The lowest BCUT2D eigenvalue weighted by Gasteiger charge is -2.34. The Morgan fingerprint density at radius 2 is 1.76 bits per heavy atom. The molecule has 1 aromatic heterocycles. The van der Waals surface area contributed by atoms with E-state index >= 15 is 0 Å². The summed E-state index contributed by atoms with van der Waals surface area (Å²) in [6.07, 6.45) is 0.603. The summed E-state index contributed by atoms with van der Waals surface area (Å²) in [6.45, 7) is -0.408. The maximum atomic E-state index is 9.11. The number of aliphatic hydroxyl groups excluding tert-OH is 4. The quantitative estimate of drug-likeness (QED) is 0.448. The zero-order valence-corrected chi connectivity index (χ0v) is 9.12. The molecule has 1 aliphatic rings. The molecule has 0 radical (unpaired) electrons. The minimum Gasteiger partial charge on any atom is -0.394 e. The number of ether oxygens (including phenoxy) is 1. The molecule has 7 heteroatoms. The van der Waals surface area contributed by atoms with Crippen molar-refractivity contribution in [1.82, 2.24) is 9.97 Å². The molecule has 0 saturated carbocycles. The Bertz CT molecular complexity index is 271. The summed E-state index contributed by atoms with van der Waals surface area (Å²) in [4.78, 5) is 7.35. The Balaban J connectivity index is 0.000000202. The van der Waals surface area contributed by atoms with Crippen LogP contribution >= 0.6 is 0 Å². The molecule has 0 aliphatic carbocycles. The second-order valence-corrected chi connectivity index (χ2v) is 3.51. The second kappa shape index (κ2) is 7.25. The van der Waals surface area contributed by atoms with Crippen molar-refractivity contribution < 1.29 is 25.2 Å². The van der Waals surface area contributed by atoms with E-state index in [2.05, 4.69) is 9.97 Å². The maximum Gasteiger partial charge on any atom is 0.115 e. The molecule has 17 heavy (non-hydrogen) atoms. The predicted molar refractivity (Wildman–Crippen MR) is 56.9 cm³/mol. The molecular formula is C10H16N2O5. The number of nitrogens with zero attached hydrogens (tertiary/aromatic N) is 2. The zero-order valence-electron chi connectivity index (χ0n) is 9.12. The number of aromatic nitrogens is 2. The molecule has 0 amide bonds. The molecule has 0 aromatic carbocycles. The first kappa shape index (κ1) is 13.9. The highest BCUT2D eigenvalue weighted by atomic mass is 16.5. The van der Waals surface area contributed by atoms with Gasteiger partial charge in [0.2, 0.25) is 0 Å². The highest BCUT2D eigenvalue weighted by Crippen LogP contribution is 2.14. The van der Waals surface area contributed by atoms with Crippen molar-refractivity contribution in [2.24, 2.45) is 0 Å². The van der Waals surface area contributed by atoms with Crippen LogP contribution in [0.2, 0.25) is 0 Å². The lowest BCUT2D eigenvalue weighted by atomic mass is 10.0. The van der Waals surface area contributed by atoms with Crippen molar-refractivity contribution in [2.45, 2.75) is 24.4 Å². The summed E-state index contributed by atoms with van der Waals surface area (Å²) in [6, 6.07) is 1.78. The van der Waals surface area contributed by atoms with Gasteiger partial charge in [-0.25, -0.2) is 9.97 Å². The fourth-order valence-corrected chi connectivity index (χ4v) is 1.28. The van der Waals surface area contributed by atoms with Crippen LogP contribution in [0.5, 0.6) is 0 Å². The van der Waals surface area contributed by atoms with E-state index in [-0.39, 0.29) is 13.2 Å². The van der Waals surface area contributed by atoms with E-state index in [1.807, 2.05) is 0 Å². The van der Waals surface area contributed by atoms with Gasteiger partial charge in [0.25, 0.3) is 0 Å². The van der Waals surface area contributed by atoms with Gasteiger partial charge in [0.05, 0.1) is 13.2 Å². The Hall–Kier alpha value is -1.12. The van der Waals surface area contributed by atoms with Crippen molar-refractivity contribution in [1.29, 1.82) is 0 Å². The maximum absolute atomic E-state index is 9.11. The van der Waals surface area contributed by atoms with Gasteiger partial charge in [-0.3, -0.25) is 0 Å². The van der Waals surface area contributed by atoms with Crippen molar-refractivity contribution >= 4 is 0 Å². The summed E-state index contributed by atoms with van der Waals surface area (Å²) >= 11 is 0. The zero-order chi connectivity index (χ0) is 12.7. The normalized spacial score (nSPS) is 32.5. The van der Waals surface area contributed by atoms with Crippen LogP contribution in [-0.2, 0) is 4.74 Å². The smallest absolute Gasteiger partial charge is 0.115 e. The van der Waals surface area contributed by atoms with Crippen molar-refractivity contribution in [3.63, 3.8) is 0 Å². The monoisotopic (exact) mass is 244 g/mol. The molecule has 1 saturated heterocycles. The summed E-state index contributed by atoms with van der Waals surface area (Å²) in [5.74, 6) is 0. The van der Waals surface area contributed by atoms with Gasteiger partial charge in [-0.05, 0) is 6.07 Å². The van der Waals surface area contributed by atoms with Crippen LogP contribution in [0.25, 0.3) is 0 Å². The molecule has 1 aromatic rings. The van der Waals surface area contributed by atoms with Crippen LogP contribution < -0.4 is 0 Å². The molecule has 1 aliphatic heterocycles. The number of hydrogen-bond donors (Lipinski definition) is 4. The average Bonchev–Trinajstić information content (AvgIpc) is 2.39. The van der Waals surface area contributed by atoms with E-state index < -0.39 is 24.4 Å². The first-order valence-corrected chi connectivity index (χ1v) is 5.13. The Kier molecular flexibility index (Phi) is 5.95. The highest BCUT2D eigenvalue weighted by Gasteiger charge is 2.36. The van der Waals surface area contributed by atoms with Crippen LogP contribution in [-0.4, -0.2) is 68.0 Å². The van der Waals surface area contributed by atoms with Gasteiger partial charge in [0.15, 0.2) is 0 Å². The Morgan fingerprint density at radius 1 is 1.12 bits per heavy atom. The van der Waals surface area contributed by atoms with Gasteiger partial charge in [0.1, 0.15) is 30.7 Å². The predicted octanol–water partition coefficient (Wildman–Crippen LogP) is -2.06. The SMILES string of the molecule is OCC1OCC(O)C(O)C1O.c1cncnc1. The van der Waals surface area contributed by atoms with Gasteiger partial charge in [-0.2, -0.15) is 0 Å². The molecule has 1 fully saturated rings. The van der Waals surface area contributed by atoms with E-state index in [0.717, 1.165) is 0 Å². The summed E-state index contributed by atoms with van der Waals surface area (Å²) < 4.78 is 4.81. The van der Waals surface area contributed by atoms with Crippen molar-refractivity contribution in [2.75, 3.05) is 13.2 Å². The van der Waals surface area contributed by atoms with Gasteiger partial charge >= 0.3 is 0 Å². The van der Waals surface area contributed by atoms with Crippen LogP contribution in [0.15, 0.2) is 24.8 Å². The Labute approximate surface area is 98.4 Å². The minimum absolute atomic E-state index is 0.0521. The third-order valence-corrected chi connectivity index (χ3v) is 2.26. The molecule has 2 heterocycles. The van der Waals surface area contributed by atoms with Crippen molar-refractivity contribution in [3.05, 3.63) is 24.8 Å². The topological polar surface area (TPSA) is 116 Å². The van der Waals surface area contributed by atoms with Crippen LogP contribution in [0.3, 0.4) is 0 Å². The molecule has 4 unspecified atom stereocenters. The first-order chi connectivity index (χ1) is 8.16. The average molecular weight is 244 g/mol. The Morgan fingerprint density at radius 3 is 2.18 bits per heavy atom. The molecule has 7 nitrogen and oxygen atoms in total. The number of rotatable bonds is 1. The fourth-order valence-electron chi connectivity index (χ4n) is 1.28. The van der Waals surface area contributed by atoms with Crippen LogP contribution in [0.1, 0.15) is 0 Å². The highest BCUT2D eigenvalue weighted by molar-refractivity contribution is 4.85. The lowest BCUT2D eigenvalue weighted by Crippen LogP contribution is -2.53. The van der Waals surface area contributed by atoms with Crippen molar-refractivity contribution in [3.8, 4) is 0 Å². The van der Waals surface area contributed by atoms with Gasteiger partial charge < -0.3 is 25.2 Å². The standard InChI is InChI=1S/C6H12O5.C4H4N2/c7-1-4-6(10)5(9)3(8)2-11-4;1-2-5-4-6-3-1/h3-10H,1-2H2;1-4H. The molecular weight excluding hydrogens is 228 g/mol. The van der Waals surface area contributed by atoms with Gasteiger partial charge in [0, 0.05) is 12.4 Å². The first-order valence-electron chi connectivity index (χ1n) is 5.13. The number of hydrogen-bond acceptors (Lipinski definition) is 7. The van der Waals surface area contributed by atoms with Gasteiger partial charge in [-0.15, -0.1) is 0 Å². The van der Waals surface area contributed by atoms with E-state index in [1.54, 1.807) is 18.5 Å². The van der Waals surface area contributed by atoms with Crippen LogP contribution in [0.4, 0.5) is 0 Å². The minimum atomic E-state index is -1.22. The molecule has 0 bridgehead atoms. The van der Waals surface area contributed by atoms with Crippen LogP contribution in [0, 0.1) is 0 Å². The lowest BCUT2D eigenvalue weighted by molar-refractivity contribution is -0.195.